The maximum absolute atomic E-state index is 13.0. The number of benzene rings is 2. The number of amides is 1. The van der Waals surface area contributed by atoms with Crippen LogP contribution in [0.25, 0.3) is 22.0 Å². The number of rotatable bonds is 5. The lowest BCUT2D eigenvalue weighted by molar-refractivity contribution is 0.0691. The molecule has 0 saturated carbocycles. The van der Waals surface area contributed by atoms with Gasteiger partial charge in [0, 0.05) is 24.0 Å². The average molecular weight is 444 g/mol. The van der Waals surface area contributed by atoms with Gasteiger partial charge in [0.1, 0.15) is 17.0 Å². The third kappa shape index (κ3) is 4.31. The van der Waals surface area contributed by atoms with Crippen molar-refractivity contribution in [2.45, 2.75) is 33.3 Å². The Morgan fingerprint density at radius 2 is 1.85 bits per heavy atom. The molecule has 7 nitrogen and oxygen atoms in total. The highest BCUT2D eigenvalue weighted by atomic mass is 16.5. The summed E-state index contributed by atoms with van der Waals surface area (Å²) in [5.41, 5.74) is 2.84. The van der Waals surface area contributed by atoms with Crippen molar-refractivity contribution < 1.29 is 18.7 Å². The largest absolute Gasteiger partial charge is 0.484 e. The number of carbonyl (C=O) groups excluding carboxylic acids is 2. The molecule has 4 aromatic rings. The van der Waals surface area contributed by atoms with Gasteiger partial charge in [0.05, 0.1) is 5.52 Å². The van der Waals surface area contributed by atoms with Crippen LogP contribution in [0.3, 0.4) is 0 Å². The summed E-state index contributed by atoms with van der Waals surface area (Å²) in [6, 6.07) is 14.5. The van der Waals surface area contributed by atoms with Crippen LogP contribution in [-0.4, -0.2) is 39.6 Å². The van der Waals surface area contributed by atoms with Gasteiger partial charge in [0.25, 0.3) is 5.91 Å². The number of carbonyl (C=O) groups is 2. The van der Waals surface area contributed by atoms with Crippen LogP contribution in [0.2, 0.25) is 0 Å². The van der Waals surface area contributed by atoms with E-state index in [2.05, 4.69) is 16.9 Å². The van der Waals surface area contributed by atoms with Crippen LogP contribution in [0, 0.1) is 5.92 Å². The molecule has 2 aromatic carbocycles. The molecule has 5 rings (SSSR count). The van der Waals surface area contributed by atoms with Gasteiger partial charge < -0.3 is 14.1 Å². The lowest BCUT2D eigenvalue weighted by atomic mass is 9.98. The highest BCUT2D eigenvalue weighted by Crippen LogP contribution is 2.27. The first-order valence-corrected chi connectivity index (χ1v) is 11.2. The molecular formula is C26H25N3O4. The Kier molecular flexibility index (Phi) is 5.54. The van der Waals surface area contributed by atoms with E-state index in [0.717, 1.165) is 31.4 Å². The molecule has 3 heterocycles. The fourth-order valence-electron chi connectivity index (χ4n) is 4.20. The van der Waals surface area contributed by atoms with Crippen molar-refractivity contribution in [3.63, 3.8) is 0 Å². The minimum absolute atomic E-state index is 0.123. The van der Waals surface area contributed by atoms with Crippen LogP contribution in [0.5, 0.6) is 5.75 Å². The first kappa shape index (κ1) is 21.1. The van der Waals surface area contributed by atoms with Crippen molar-refractivity contribution >= 4 is 33.7 Å². The molecular weight excluding hydrogens is 418 g/mol. The summed E-state index contributed by atoms with van der Waals surface area (Å²) in [4.78, 5) is 36.3. The van der Waals surface area contributed by atoms with Crippen molar-refractivity contribution in [3.05, 3.63) is 65.7 Å². The molecule has 0 unspecified atom stereocenters. The predicted molar refractivity (Wildman–Crippen MR) is 124 cm³/mol. The molecule has 1 aliphatic heterocycles. The average Bonchev–Trinajstić information content (AvgIpc) is 3.25. The van der Waals surface area contributed by atoms with Gasteiger partial charge in [-0.1, -0.05) is 19.1 Å². The van der Waals surface area contributed by atoms with Crippen LogP contribution in [-0.2, 0) is 6.61 Å². The summed E-state index contributed by atoms with van der Waals surface area (Å²) in [6.45, 7) is 5.30. The van der Waals surface area contributed by atoms with Crippen LogP contribution in [0.4, 0.5) is 0 Å². The van der Waals surface area contributed by atoms with Crippen molar-refractivity contribution in [3.8, 4) is 5.75 Å². The van der Waals surface area contributed by atoms with Gasteiger partial charge in [0.2, 0.25) is 5.89 Å². The lowest BCUT2D eigenvalue weighted by Gasteiger charge is -2.30. The van der Waals surface area contributed by atoms with E-state index >= 15 is 0 Å². The maximum atomic E-state index is 13.0. The minimum atomic E-state index is -0.125. The summed E-state index contributed by atoms with van der Waals surface area (Å²) < 4.78 is 11.6. The van der Waals surface area contributed by atoms with Gasteiger partial charge in [-0.25, -0.2) is 9.97 Å². The van der Waals surface area contributed by atoms with Crippen LogP contribution in [0.1, 0.15) is 53.4 Å². The standard InChI is InChI=1S/C26H25N3O4/c1-16-9-11-29(12-10-16)26(31)23-14-19(17(2)30)20-13-18(7-8-21(20)27-23)32-15-25-28-22-5-3-4-6-24(22)33-25/h3-8,13-14,16H,9-12,15H2,1-2H3. The van der Waals surface area contributed by atoms with Crippen molar-refractivity contribution in [1.82, 2.24) is 14.9 Å². The third-order valence-corrected chi connectivity index (χ3v) is 6.15. The fraction of sp³-hybridized carbons (Fsp3) is 0.308. The lowest BCUT2D eigenvalue weighted by Crippen LogP contribution is -2.38. The molecule has 2 aromatic heterocycles. The smallest absolute Gasteiger partial charge is 0.272 e. The van der Waals surface area contributed by atoms with Crippen LogP contribution in [0.15, 0.2) is 52.9 Å². The van der Waals surface area contributed by atoms with Crippen molar-refractivity contribution in [1.29, 1.82) is 0 Å². The second-order valence-electron chi connectivity index (χ2n) is 8.63. The van der Waals surface area contributed by atoms with Gasteiger partial charge in [-0.3, -0.25) is 9.59 Å². The molecule has 0 aliphatic carbocycles. The SMILES string of the molecule is CC(=O)c1cc(C(=O)N2CCC(C)CC2)nc2ccc(OCc3nc4ccccc4o3)cc12. The molecule has 1 fully saturated rings. The van der Waals surface area contributed by atoms with Gasteiger partial charge in [0.15, 0.2) is 18.0 Å². The number of aromatic nitrogens is 2. The second-order valence-corrected chi connectivity index (χ2v) is 8.63. The van der Waals surface area contributed by atoms with E-state index in [9.17, 15) is 9.59 Å². The Morgan fingerprint density at radius 3 is 2.61 bits per heavy atom. The zero-order chi connectivity index (χ0) is 22.9. The number of hydrogen-bond acceptors (Lipinski definition) is 6. The summed E-state index contributed by atoms with van der Waals surface area (Å²) >= 11 is 0. The number of para-hydroxylation sites is 2. The fourth-order valence-corrected chi connectivity index (χ4v) is 4.20. The van der Waals surface area contributed by atoms with Gasteiger partial charge in [-0.05, 0) is 62.1 Å². The predicted octanol–water partition coefficient (Wildman–Crippen LogP) is 5.03. The number of hydrogen-bond donors (Lipinski definition) is 0. The van der Waals surface area contributed by atoms with Crippen LogP contribution >= 0.6 is 0 Å². The number of likely N-dealkylation sites (tertiary alicyclic amines) is 1. The summed E-state index contributed by atoms with van der Waals surface area (Å²) in [5.74, 6) is 1.41. The number of pyridine rings is 1. The molecule has 0 spiro atoms. The molecule has 0 radical (unpaired) electrons. The Morgan fingerprint density at radius 1 is 1.06 bits per heavy atom. The Hall–Kier alpha value is -3.74. The number of fused-ring (bicyclic) bond motifs is 2. The molecule has 33 heavy (non-hydrogen) atoms. The van der Waals surface area contributed by atoms with Crippen molar-refractivity contribution in [2.75, 3.05) is 13.1 Å². The number of ether oxygens (including phenoxy) is 1. The second kappa shape index (κ2) is 8.65. The quantitative estimate of drug-likeness (QED) is 0.402. The van der Waals surface area contributed by atoms with Gasteiger partial charge >= 0.3 is 0 Å². The monoisotopic (exact) mass is 443 g/mol. The topological polar surface area (TPSA) is 85.5 Å². The number of nitrogens with zero attached hydrogens (tertiary/aromatic N) is 3. The molecule has 7 heteroatoms. The van der Waals surface area contributed by atoms with Gasteiger partial charge in [-0.15, -0.1) is 0 Å². The first-order valence-electron chi connectivity index (χ1n) is 11.2. The van der Waals surface area contributed by atoms with E-state index in [1.54, 1.807) is 24.3 Å². The third-order valence-electron chi connectivity index (χ3n) is 6.15. The van der Waals surface area contributed by atoms with Crippen molar-refractivity contribution in [2.24, 2.45) is 5.92 Å². The summed E-state index contributed by atoms with van der Waals surface area (Å²) in [6.07, 6.45) is 1.97. The minimum Gasteiger partial charge on any atom is -0.484 e. The Bertz CT molecular complexity index is 1320. The number of Topliss-reactive ketones (excluding diaryl/α,β-unsaturated/α-hetero) is 1. The first-order chi connectivity index (χ1) is 16.0. The highest BCUT2D eigenvalue weighted by Gasteiger charge is 2.24. The van der Waals surface area contributed by atoms with E-state index < -0.39 is 0 Å². The van der Waals surface area contributed by atoms with E-state index in [-0.39, 0.29) is 18.3 Å². The number of piperidine rings is 1. The summed E-state index contributed by atoms with van der Waals surface area (Å²) in [5, 5.41) is 0.654. The van der Waals surface area contributed by atoms with E-state index in [1.165, 1.54) is 6.92 Å². The molecule has 0 atom stereocenters. The molecule has 168 valence electrons. The zero-order valence-corrected chi connectivity index (χ0v) is 18.7. The molecule has 0 bridgehead atoms. The number of oxazole rings is 1. The molecule has 1 saturated heterocycles. The maximum Gasteiger partial charge on any atom is 0.272 e. The van der Waals surface area contributed by atoms with E-state index in [1.807, 2.05) is 29.2 Å². The normalized spacial score (nSPS) is 14.7. The number of ketones is 1. The summed E-state index contributed by atoms with van der Waals surface area (Å²) in [7, 11) is 0. The molecule has 0 N–H and O–H groups in total. The Labute approximate surface area is 191 Å². The van der Waals surface area contributed by atoms with Crippen LogP contribution < -0.4 is 4.74 Å². The molecule has 1 amide bonds. The zero-order valence-electron chi connectivity index (χ0n) is 18.7. The Balaban J connectivity index is 1.41. The molecule has 1 aliphatic rings. The highest BCUT2D eigenvalue weighted by molar-refractivity contribution is 6.08. The van der Waals surface area contributed by atoms with E-state index in [4.69, 9.17) is 9.15 Å². The van der Waals surface area contributed by atoms with Gasteiger partial charge in [-0.2, -0.15) is 0 Å². The van der Waals surface area contributed by atoms with E-state index in [0.29, 0.717) is 45.3 Å².